The summed E-state index contributed by atoms with van der Waals surface area (Å²) in [5.74, 6) is 1.13. The second-order valence-electron chi connectivity index (χ2n) is 8.44. The van der Waals surface area contributed by atoms with E-state index < -0.39 is 5.24 Å². The van der Waals surface area contributed by atoms with Crippen LogP contribution in [0, 0.1) is 0 Å². The normalized spacial score (nSPS) is 10.8. The summed E-state index contributed by atoms with van der Waals surface area (Å²) in [5, 5.41) is -0.538. The van der Waals surface area contributed by atoms with Crippen LogP contribution in [0.15, 0.2) is 48.5 Å². The lowest BCUT2D eigenvalue weighted by molar-refractivity contribution is 0.107. The lowest BCUT2D eigenvalue weighted by Crippen LogP contribution is -2.03. The Kier molecular flexibility index (Phi) is 13.6. The Hall–Kier alpha value is -2.00. The molecule has 4 heteroatoms. The molecule has 2 rings (SSSR count). The van der Waals surface area contributed by atoms with Gasteiger partial charge in [-0.05, 0) is 41.8 Å². The van der Waals surface area contributed by atoms with E-state index in [0.29, 0.717) is 30.3 Å². The van der Waals surface area contributed by atoms with Gasteiger partial charge in [0.15, 0.2) is 0 Å². The molecule has 0 heterocycles. The number of ether oxygens (including phenoxy) is 2. The highest BCUT2D eigenvalue weighted by molar-refractivity contribution is 6.68. The van der Waals surface area contributed by atoms with E-state index in [1.807, 2.05) is 36.4 Å². The molecule has 0 atom stereocenters. The summed E-state index contributed by atoms with van der Waals surface area (Å²) in [7, 11) is 0. The third-order valence-corrected chi connectivity index (χ3v) is 5.87. The second kappa shape index (κ2) is 16.6. The van der Waals surface area contributed by atoms with Crippen LogP contribution in [0.3, 0.4) is 0 Å². The maximum absolute atomic E-state index is 11.8. The van der Waals surface area contributed by atoms with Gasteiger partial charge in [-0.2, -0.15) is 0 Å². The van der Waals surface area contributed by atoms with E-state index in [4.69, 9.17) is 21.1 Å². The van der Waals surface area contributed by atoms with Crippen LogP contribution in [0.2, 0.25) is 0 Å². The van der Waals surface area contributed by atoms with Crippen molar-refractivity contribution in [1.29, 1.82) is 0 Å². The minimum Gasteiger partial charge on any atom is -0.494 e. The highest BCUT2D eigenvalue weighted by Crippen LogP contribution is 2.27. The summed E-state index contributed by atoms with van der Waals surface area (Å²) < 4.78 is 11.6. The average molecular weight is 459 g/mol. The van der Waals surface area contributed by atoms with Crippen molar-refractivity contribution in [2.45, 2.75) is 90.6 Å². The number of hydrogen-bond acceptors (Lipinski definition) is 3. The monoisotopic (exact) mass is 458 g/mol. The number of benzene rings is 2. The third-order valence-electron chi connectivity index (χ3n) is 5.67. The molecule has 0 saturated heterocycles. The molecule has 2 aromatic carbocycles. The lowest BCUT2D eigenvalue weighted by Gasteiger charge is -2.12. The van der Waals surface area contributed by atoms with Crippen LogP contribution >= 0.6 is 11.6 Å². The van der Waals surface area contributed by atoms with Crippen molar-refractivity contribution >= 4 is 16.8 Å². The van der Waals surface area contributed by atoms with Gasteiger partial charge in [-0.15, -0.1) is 0 Å². The Labute approximate surface area is 199 Å². The first-order chi connectivity index (χ1) is 15.7. The van der Waals surface area contributed by atoms with E-state index in [9.17, 15) is 4.79 Å². The van der Waals surface area contributed by atoms with Gasteiger partial charge in [0.05, 0.1) is 12.2 Å². The number of carbonyl (C=O) groups excluding carboxylic acids is 1. The molecule has 0 aliphatic rings. The van der Waals surface area contributed by atoms with Gasteiger partial charge < -0.3 is 9.47 Å². The maximum Gasteiger partial charge on any atom is 0.256 e. The standard InChI is InChI=1S/C28H39ClO3/c1-2-3-4-5-6-7-8-9-10-11-12-16-21-31-25-19-20-27(26(22-25)28(29)30)32-23-24-17-14-13-15-18-24/h13-15,17-20,22H,2-12,16,21,23H2,1H3. The minimum absolute atomic E-state index is 0.342. The molecule has 0 N–H and O–H groups in total. The fraction of sp³-hybridized carbons (Fsp3) is 0.536. The number of rotatable bonds is 18. The smallest absolute Gasteiger partial charge is 0.256 e. The van der Waals surface area contributed by atoms with Crippen LogP contribution in [0.1, 0.15) is 99.9 Å². The Bertz CT molecular complexity index is 761. The molecular weight excluding hydrogens is 420 g/mol. The molecule has 0 spiro atoms. The molecule has 0 saturated carbocycles. The van der Waals surface area contributed by atoms with Gasteiger partial charge in [-0.25, -0.2) is 0 Å². The molecule has 0 radical (unpaired) electrons. The Morgan fingerprint density at radius 1 is 0.750 bits per heavy atom. The lowest BCUT2D eigenvalue weighted by atomic mass is 10.1. The van der Waals surface area contributed by atoms with Crippen molar-refractivity contribution in [2.24, 2.45) is 0 Å². The van der Waals surface area contributed by atoms with Gasteiger partial charge in [0.1, 0.15) is 18.1 Å². The van der Waals surface area contributed by atoms with Crippen molar-refractivity contribution < 1.29 is 14.3 Å². The summed E-state index contributed by atoms with van der Waals surface area (Å²) in [6, 6.07) is 15.1. The molecule has 0 aliphatic heterocycles. The van der Waals surface area contributed by atoms with Gasteiger partial charge in [0.25, 0.3) is 5.24 Å². The van der Waals surface area contributed by atoms with Crippen LogP contribution in [0.5, 0.6) is 11.5 Å². The molecule has 2 aromatic rings. The Morgan fingerprint density at radius 2 is 1.34 bits per heavy atom. The zero-order valence-corrected chi connectivity index (χ0v) is 20.4. The highest BCUT2D eigenvalue weighted by Gasteiger charge is 2.12. The molecule has 0 aliphatic carbocycles. The SMILES string of the molecule is CCCCCCCCCCCCCCOc1ccc(OCc2ccccc2)c(C(=O)Cl)c1. The predicted octanol–water partition coefficient (Wildman–Crippen LogP) is 8.72. The zero-order chi connectivity index (χ0) is 22.9. The second-order valence-corrected chi connectivity index (χ2v) is 8.79. The predicted molar refractivity (Wildman–Crippen MR) is 134 cm³/mol. The van der Waals surface area contributed by atoms with Crippen molar-refractivity contribution in [3.8, 4) is 11.5 Å². The zero-order valence-electron chi connectivity index (χ0n) is 19.6. The summed E-state index contributed by atoms with van der Waals surface area (Å²) in [5.41, 5.74) is 1.38. The van der Waals surface area contributed by atoms with E-state index in [2.05, 4.69) is 6.92 Å². The molecule has 0 bridgehead atoms. The van der Waals surface area contributed by atoms with E-state index in [-0.39, 0.29) is 0 Å². The van der Waals surface area contributed by atoms with Crippen LogP contribution in [-0.2, 0) is 6.61 Å². The first-order valence-electron chi connectivity index (χ1n) is 12.3. The van der Waals surface area contributed by atoms with Crippen molar-refractivity contribution in [1.82, 2.24) is 0 Å². The van der Waals surface area contributed by atoms with Crippen LogP contribution in [0.25, 0.3) is 0 Å². The summed E-state index contributed by atoms with van der Waals surface area (Å²) in [6.45, 7) is 3.30. The molecule has 0 amide bonds. The highest BCUT2D eigenvalue weighted by atomic mass is 35.5. The van der Waals surface area contributed by atoms with Crippen LogP contribution < -0.4 is 9.47 Å². The molecule has 0 aromatic heterocycles. The van der Waals surface area contributed by atoms with E-state index in [1.165, 1.54) is 70.6 Å². The van der Waals surface area contributed by atoms with Gasteiger partial charge >= 0.3 is 0 Å². The number of carbonyl (C=O) groups is 1. The Morgan fingerprint density at radius 3 is 1.94 bits per heavy atom. The van der Waals surface area contributed by atoms with Gasteiger partial charge in [0.2, 0.25) is 0 Å². The van der Waals surface area contributed by atoms with Crippen molar-refractivity contribution in [3.05, 3.63) is 59.7 Å². The number of halogens is 1. The van der Waals surface area contributed by atoms with Crippen molar-refractivity contribution in [3.63, 3.8) is 0 Å². The van der Waals surface area contributed by atoms with Crippen LogP contribution in [-0.4, -0.2) is 11.8 Å². The summed E-state index contributed by atoms with van der Waals surface area (Å²) >= 11 is 5.77. The fourth-order valence-electron chi connectivity index (χ4n) is 3.75. The molecular formula is C28H39ClO3. The number of hydrogen-bond donors (Lipinski definition) is 0. The quantitative estimate of drug-likeness (QED) is 0.165. The molecule has 0 unspecified atom stereocenters. The number of unbranched alkanes of at least 4 members (excludes halogenated alkanes) is 11. The first kappa shape index (κ1) is 26.3. The average Bonchev–Trinajstić information content (AvgIpc) is 2.81. The van der Waals surface area contributed by atoms with E-state index in [1.54, 1.807) is 12.1 Å². The fourth-order valence-corrected chi connectivity index (χ4v) is 3.89. The van der Waals surface area contributed by atoms with E-state index in [0.717, 1.165) is 12.0 Å². The van der Waals surface area contributed by atoms with Gasteiger partial charge in [-0.3, -0.25) is 4.79 Å². The summed E-state index contributed by atoms with van der Waals surface area (Å²) in [4.78, 5) is 11.8. The van der Waals surface area contributed by atoms with Crippen LogP contribution in [0.4, 0.5) is 0 Å². The van der Waals surface area contributed by atoms with Crippen molar-refractivity contribution in [2.75, 3.05) is 6.61 Å². The summed E-state index contributed by atoms with van der Waals surface area (Å²) in [6.07, 6.45) is 15.8. The maximum atomic E-state index is 11.8. The first-order valence-corrected chi connectivity index (χ1v) is 12.7. The van der Waals surface area contributed by atoms with Gasteiger partial charge in [-0.1, -0.05) is 108 Å². The van der Waals surface area contributed by atoms with Gasteiger partial charge in [0, 0.05) is 0 Å². The molecule has 32 heavy (non-hydrogen) atoms. The van der Waals surface area contributed by atoms with E-state index >= 15 is 0 Å². The largest absolute Gasteiger partial charge is 0.494 e. The minimum atomic E-state index is -0.538. The third kappa shape index (κ3) is 11.0. The molecule has 0 fully saturated rings. The Balaban J connectivity index is 1.60. The molecule has 3 nitrogen and oxygen atoms in total. The molecule has 176 valence electrons. The topological polar surface area (TPSA) is 35.5 Å².